The molecule has 1 N–H and O–H groups in total. The molecular weight excluding hydrogens is 240 g/mol. The van der Waals surface area contributed by atoms with Gasteiger partial charge in [0.2, 0.25) is 5.91 Å². The van der Waals surface area contributed by atoms with Crippen LogP contribution in [-0.4, -0.2) is 35.6 Å². The summed E-state index contributed by atoms with van der Waals surface area (Å²) >= 11 is 0. The minimum atomic E-state index is -1.01. The van der Waals surface area contributed by atoms with Crippen molar-refractivity contribution in [1.29, 1.82) is 0 Å². The molecule has 18 heavy (non-hydrogen) atoms. The number of amides is 1. The van der Waals surface area contributed by atoms with Crippen molar-refractivity contribution in [2.24, 2.45) is 0 Å². The van der Waals surface area contributed by atoms with E-state index in [0.717, 1.165) is 6.07 Å². The van der Waals surface area contributed by atoms with Crippen LogP contribution in [0.1, 0.15) is 5.56 Å². The number of benzene rings is 1. The minimum Gasteiger partial charge on any atom is -0.395 e. The van der Waals surface area contributed by atoms with Gasteiger partial charge in [0.1, 0.15) is 0 Å². The summed E-state index contributed by atoms with van der Waals surface area (Å²) in [4.78, 5) is 13.2. The van der Waals surface area contributed by atoms with E-state index in [9.17, 15) is 13.6 Å². The summed E-state index contributed by atoms with van der Waals surface area (Å²) in [6, 6.07) is 3.71. The second kappa shape index (κ2) is 6.86. The zero-order valence-corrected chi connectivity index (χ0v) is 9.90. The summed E-state index contributed by atoms with van der Waals surface area (Å²) in [5, 5.41) is 8.81. The van der Waals surface area contributed by atoms with Gasteiger partial charge in [0.25, 0.3) is 0 Å². The molecule has 3 nitrogen and oxygen atoms in total. The number of hydrogen-bond donors (Lipinski definition) is 1. The van der Waals surface area contributed by atoms with Crippen LogP contribution in [0, 0.1) is 11.6 Å². The van der Waals surface area contributed by atoms with Crippen LogP contribution >= 0.6 is 0 Å². The highest BCUT2D eigenvalue weighted by Gasteiger charge is 2.16. The van der Waals surface area contributed by atoms with Crippen LogP contribution in [0.4, 0.5) is 8.78 Å². The molecule has 1 rings (SSSR count). The van der Waals surface area contributed by atoms with Crippen molar-refractivity contribution in [3.63, 3.8) is 0 Å². The maximum atomic E-state index is 13.4. The van der Waals surface area contributed by atoms with E-state index in [0.29, 0.717) is 0 Å². The number of carbonyl (C=O) groups is 1. The summed E-state index contributed by atoms with van der Waals surface area (Å²) in [7, 11) is 0. The van der Waals surface area contributed by atoms with Crippen molar-refractivity contribution in [1.82, 2.24) is 4.90 Å². The molecule has 0 heterocycles. The quantitative estimate of drug-likeness (QED) is 0.783. The van der Waals surface area contributed by atoms with E-state index >= 15 is 0 Å². The first-order valence-corrected chi connectivity index (χ1v) is 5.52. The van der Waals surface area contributed by atoms with Gasteiger partial charge in [-0.2, -0.15) is 0 Å². The summed E-state index contributed by atoms with van der Waals surface area (Å²) in [5.41, 5.74) is 0.00648. The lowest BCUT2D eigenvalue weighted by Crippen LogP contribution is -2.35. The molecule has 98 valence electrons. The van der Waals surface area contributed by atoms with Crippen molar-refractivity contribution < 1.29 is 18.7 Å². The Morgan fingerprint density at radius 3 is 2.78 bits per heavy atom. The normalized spacial score (nSPS) is 10.2. The van der Waals surface area contributed by atoms with Gasteiger partial charge >= 0.3 is 0 Å². The van der Waals surface area contributed by atoms with Gasteiger partial charge < -0.3 is 10.0 Å². The third kappa shape index (κ3) is 3.63. The van der Waals surface area contributed by atoms with Gasteiger partial charge in [0.15, 0.2) is 11.6 Å². The number of hydrogen-bond acceptors (Lipinski definition) is 2. The van der Waals surface area contributed by atoms with Crippen molar-refractivity contribution in [3.8, 4) is 0 Å². The Kier molecular flexibility index (Phi) is 5.45. The average molecular weight is 255 g/mol. The number of halogens is 2. The maximum absolute atomic E-state index is 13.4. The molecule has 0 aromatic heterocycles. The number of nitrogens with zero attached hydrogens (tertiary/aromatic N) is 1. The lowest BCUT2D eigenvalue weighted by molar-refractivity contribution is -0.130. The molecule has 0 saturated heterocycles. The topological polar surface area (TPSA) is 40.5 Å². The summed E-state index contributed by atoms with van der Waals surface area (Å²) in [5.74, 6) is -2.36. The minimum absolute atomic E-state index is 0.00648. The molecule has 0 saturated carbocycles. The molecule has 5 heteroatoms. The molecule has 0 aliphatic rings. The molecule has 0 radical (unpaired) electrons. The molecule has 0 bridgehead atoms. The lowest BCUT2D eigenvalue weighted by atomic mass is 10.1. The standard InChI is InChI=1S/C13H15F2NO2/c1-2-6-16(7-8-17)12(18)9-10-4-3-5-11(14)13(10)15/h2-5,17H,1,6-9H2. The second-order valence-corrected chi connectivity index (χ2v) is 3.74. The highest BCUT2D eigenvalue weighted by Crippen LogP contribution is 2.12. The van der Waals surface area contributed by atoms with E-state index in [4.69, 9.17) is 5.11 Å². The molecule has 1 aromatic rings. The van der Waals surface area contributed by atoms with E-state index in [1.807, 2.05) is 0 Å². The number of aliphatic hydroxyl groups excluding tert-OH is 1. The third-order valence-corrected chi connectivity index (χ3v) is 2.45. The van der Waals surface area contributed by atoms with Crippen LogP contribution in [-0.2, 0) is 11.2 Å². The predicted octanol–water partition coefficient (Wildman–Crippen LogP) is 1.51. The molecular formula is C13H15F2NO2. The van der Waals surface area contributed by atoms with Gasteiger partial charge in [0, 0.05) is 18.7 Å². The van der Waals surface area contributed by atoms with E-state index < -0.39 is 11.6 Å². The molecule has 0 fully saturated rings. The molecule has 1 amide bonds. The fourth-order valence-corrected chi connectivity index (χ4v) is 1.55. The van der Waals surface area contributed by atoms with Crippen LogP contribution in [0.5, 0.6) is 0 Å². The first-order chi connectivity index (χ1) is 8.60. The Morgan fingerprint density at radius 2 is 2.17 bits per heavy atom. The van der Waals surface area contributed by atoms with Gasteiger partial charge in [-0.05, 0) is 6.07 Å². The van der Waals surface area contributed by atoms with Crippen molar-refractivity contribution >= 4 is 5.91 Å². The molecule has 0 spiro atoms. The maximum Gasteiger partial charge on any atom is 0.227 e. The van der Waals surface area contributed by atoms with Crippen molar-refractivity contribution in [3.05, 3.63) is 48.1 Å². The zero-order valence-electron chi connectivity index (χ0n) is 9.90. The van der Waals surface area contributed by atoms with Crippen LogP contribution in [0.25, 0.3) is 0 Å². The first-order valence-electron chi connectivity index (χ1n) is 5.52. The smallest absolute Gasteiger partial charge is 0.227 e. The molecule has 0 aliphatic carbocycles. The van der Waals surface area contributed by atoms with Crippen LogP contribution in [0.15, 0.2) is 30.9 Å². The Balaban J connectivity index is 2.78. The third-order valence-electron chi connectivity index (χ3n) is 2.45. The fraction of sp³-hybridized carbons (Fsp3) is 0.308. The van der Waals surface area contributed by atoms with Crippen LogP contribution in [0.3, 0.4) is 0 Å². The van der Waals surface area contributed by atoms with Crippen LogP contribution in [0.2, 0.25) is 0 Å². The Hall–Kier alpha value is -1.75. The van der Waals surface area contributed by atoms with E-state index in [1.165, 1.54) is 23.1 Å². The van der Waals surface area contributed by atoms with E-state index in [1.54, 1.807) is 0 Å². The van der Waals surface area contributed by atoms with Gasteiger partial charge in [-0.25, -0.2) is 8.78 Å². The number of rotatable bonds is 6. The van der Waals surface area contributed by atoms with Crippen molar-refractivity contribution in [2.45, 2.75) is 6.42 Å². The molecule has 0 aliphatic heterocycles. The van der Waals surface area contributed by atoms with Gasteiger partial charge in [-0.15, -0.1) is 6.58 Å². The Morgan fingerprint density at radius 1 is 1.44 bits per heavy atom. The van der Waals surface area contributed by atoms with Gasteiger partial charge in [-0.3, -0.25) is 4.79 Å². The second-order valence-electron chi connectivity index (χ2n) is 3.74. The number of carbonyl (C=O) groups excluding carboxylic acids is 1. The Labute approximate surface area is 104 Å². The number of aliphatic hydroxyl groups is 1. The van der Waals surface area contributed by atoms with Gasteiger partial charge in [0.05, 0.1) is 13.0 Å². The summed E-state index contributed by atoms with van der Waals surface area (Å²) in [6.07, 6.45) is 1.27. The predicted molar refractivity (Wildman–Crippen MR) is 63.9 cm³/mol. The Bertz CT molecular complexity index is 435. The molecule has 0 atom stereocenters. The van der Waals surface area contributed by atoms with Crippen molar-refractivity contribution in [2.75, 3.05) is 19.7 Å². The first kappa shape index (κ1) is 14.3. The highest BCUT2D eigenvalue weighted by atomic mass is 19.2. The lowest BCUT2D eigenvalue weighted by Gasteiger charge is -2.20. The van der Waals surface area contributed by atoms with Gasteiger partial charge in [-0.1, -0.05) is 18.2 Å². The highest BCUT2D eigenvalue weighted by molar-refractivity contribution is 5.79. The SMILES string of the molecule is C=CCN(CCO)C(=O)Cc1cccc(F)c1F. The monoisotopic (exact) mass is 255 g/mol. The summed E-state index contributed by atoms with van der Waals surface area (Å²) in [6.45, 7) is 3.71. The fourth-order valence-electron chi connectivity index (χ4n) is 1.55. The molecule has 0 unspecified atom stereocenters. The van der Waals surface area contributed by atoms with E-state index in [-0.39, 0.29) is 37.6 Å². The molecule has 1 aromatic carbocycles. The van der Waals surface area contributed by atoms with Crippen LogP contribution < -0.4 is 0 Å². The van der Waals surface area contributed by atoms with E-state index in [2.05, 4.69) is 6.58 Å². The average Bonchev–Trinajstić information content (AvgIpc) is 2.34. The summed E-state index contributed by atoms with van der Waals surface area (Å²) < 4.78 is 26.4. The largest absolute Gasteiger partial charge is 0.395 e. The zero-order chi connectivity index (χ0) is 13.5.